The van der Waals surface area contributed by atoms with E-state index in [2.05, 4.69) is 67.8 Å². The molecule has 0 bridgehead atoms. The zero-order chi connectivity index (χ0) is 75.8. The van der Waals surface area contributed by atoms with Crippen molar-refractivity contribution in [2.75, 3.05) is 19.8 Å². The molecule has 0 radical (unpaired) electrons. The molecule has 0 aliphatic carbocycles. The summed E-state index contributed by atoms with van der Waals surface area (Å²) in [6, 6.07) is -0.916. The maximum Gasteiger partial charge on any atom is 0.220 e. The number of aliphatic hydroxyl groups excluding tert-OH is 8. The Bertz CT molecular complexity index is 2000. The van der Waals surface area contributed by atoms with E-state index in [0.717, 1.165) is 64.2 Å². The largest absolute Gasteiger partial charge is 0.394 e. The molecule has 0 aromatic rings. The summed E-state index contributed by atoms with van der Waals surface area (Å²) in [6.07, 6.45) is 86.3. The molecule has 0 aromatic heterocycles. The van der Waals surface area contributed by atoms with Gasteiger partial charge in [0.15, 0.2) is 12.6 Å². The lowest BCUT2D eigenvalue weighted by atomic mass is 9.97. The van der Waals surface area contributed by atoms with E-state index in [4.69, 9.17) is 18.9 Å². The Hall–Kier alpha value is -2.31. The van der Waals surface area contributed by atoms with Crippen LogP contribution in [0.15, 0.2) is 60.8 Å². The van der Waals surface area contributed by atoms with Crippen molar-refractivity contribution < 1.29 is 64.6 Å². The van der Waals surface area contributed by atoms with Gasteiger partial charge in [-0.25, -0.2) is 0 Å². The van der Waals surface area contributed by atoms with E-state index >= 15 is 0 Å². The smallest absolute Gasteiger partial charge is 0.220 e. The lowest BCUT2D eigenvalue weighted by Crippen LogP contribution is -2.65. The van der Waals surface area contributed by atoms with Crippen LogP contribution in [0.2, 0.25) is 0 Å². The number of ether oxygens (including phenoxy) is 4. The minimum atomic E-state index is -1.79. The van der Waals surface area contributed by atoms with Gasteiger partial charge in [0.25, 0.3) is 0 Å². The van der Waals surface area contributed by atoms with Crippen molar-refractivity contribution in [3.05, 3.63) is 60.8 Å². The minimum absolute atomic E-state index is 0.230. The first-order valence-electron chi connectivity index (χ1n) is 45.0. The lowest BCUT2D eigenvalue weighted by Gasteiger charge is -2.46. The SMILES string of the molecule is CC/C=C\C/C=C\C/C=C\C/C=C\CCCCCCCCCCCCCCCCCCCCCCCCCCCCCCC(=O)NC(COC1OC(CO)C(OC2OC(CO)C(O)C(O)C2O)C(O)C1O)C(O)/C=C/CCCCCCCCCCCCCCCCCCCCCCCCCCCCCC. The van der Waals surface area contributed by atoms with Crippen LogP contribution < -0.4 is 5.32 Å². The highest BCUT2D eigenvalue weighted by Gasteiger charge is 2.51. The summed E-state index contributed by atoms with van der Waals surface area (Å²) >= 11 is 0. The fourth-order valence-corrected chi connectivity index (χ4v) is 14.9. The number of carbonyl (C=O) groups excluding carboxylic acids is 1. The van der Waals surface area contributed by atoms with E-state index in [1.54, 1.807) is 6.08 Å². The Kier molecular flexibility index (Phi) is 70.0. The predicted octanol–water partition coefficient (Wildman–Crippen LogP) is 21.9. The van der Waals surface area contributed by atoms with Crippen molar-refractivity contribution >= 4 is 5.91 Å². The fourth-order valence-electron chi connectivity index (χ4n) is 14.9. The average molecular weight is 1490 g/mol. The van der Waals surface area contributed by atoms with E-state index in [9.17, 15) is 45.6 Å². The number of rotatable bonds is 77. The van der Waals surface area contributed by atoms with Crippen LogP contribution >= 0.6 is 0 Å². The van der Waals surface area contributed by atoms with Crippen molar-refractivity contribution in [1.82, 2.24) is 5.32 Å². The van der Waals surface area contributed by atoms with Gasteiger partial charge < -0.3 is 65.1 Å². The predicted molar refractivity (Wildman–Crippen MR) is 438 cm³/mol. The molecule has 1 amide bonds. The molecule has 616 valence electrons. The van der Waals surface area contributed by atoms with E-state index in [-0.39, 0.29) is 18.9 Å². The van der Waals surface area contributed by atoms with Gasteiger partial charge in [0.1, 0.15) is 48.8 Å². The first-order valence-corrected chi connectivity index (χ1v) is 45.0. The summed E-state index contributed by atoms with van der Waals surface area (Å²) < 4.78 is 23.0. The molecule has 0 spiro atoms. The highest BCUT2D eigenvalue weighted by Crippen LogP contribution is 2.31. The molecule has 2 fully saturated rings. The number of nitrogens with one attached hydrogen (secondary N) is 1. The first-order chi connectivity index (χ1) is 51.6. The Morgan fingerprint density at radius 2 is 0.657 bits per heavy atom. The highest BCUT2D eigenvalue weighted by atomic mass is 16.7. The second-order valence-electron chi connectivity index (χ2n) is 31.7. The summed E-state index contributed by atoms with van der Waals surface area (Å²) in [5.74, 6) is -0.230. The molecule has 0 saturated carbocycles. The molecule has 12 unspecified atom stereocenters. The number of carbonyl (C=O) groups is 1. The standard InChI is InChI=1S/C91H169NO13/c1-3-5-7-9-11-13-15-17-19-21-23-25-27-29-31-33-35-36-37-38-39-40-41-42-43-44-45-47-49-51-53-55-57-59-61-63-65-67-69-71-73-75-83(96)92-79(78-102-90-88(101)86(99)89(82(77-94)104-90)105-91-87(100)85(98)84(97)81(76-93)103-91)80(95)74-72-70-68-66-64-62-60-58-56-54-52-50-48-46-34-32-30-28-26-24-22-20-18-16-14-12-10-8-6-4-2/h5,7,11,13,17,19,23,25,72,74,79-82,84-91,93-95,97-101H,3-4,6,8-10,12,14-16,18,20-22,24,26-71,73,75-78H2,1-2H3,(H,92,96)/b7-5-,13-11-,19-17-,25-23-,74-72+. The van der Waals surface area contributed by atoms with E-state index < -0.39 is 86.8 Å². The quantitative estimate of drug-likeness (QED) is 0.0204. The van der Waals surface area contributed by atoms with Crippen molar-refractivity contribution in [1.29, 1.82) is 0 Å². The minimum Gasteiger partial charge on any atom is -0.394 e. The number of aliphatic hydroxyl groups is 8. The number of hydrogen-bond donors (Lipinski definition) is 9. The third-order valence-corrected chi connectivity index (χ3v) is 22.0. The first kappa shape index (κ1) is 98.8. The molecule has 9 N–H and O–H groups in total. The van der Waals surface area contributed by atoms with Crippen molar-refractivity contribution in [2.45, 2.75) is 492 Å². The molecular formula is C91H169NO13. The van der Waals surface area contributed by atoms with Gasteiger partial charge in [-0.05, 0) is 57.8 Å². The molecule has 14 heteroatoms. The van der Waals surface area contributed by atoms with Crippen LogP contribution in [0.5, 0.6) is 0 Å². The maximum absolute atomic E-state index is 13.4. The molecule has 2 rings (SSSR count). The van der Waals surface area contributed by atoms with Crippen molar-refractivity contribution in [2.24, 2.45) is 0 Å². The molecule has 2 saturated heterocycles. The Balaban J connectivity index is 1.55. The van der Waals surface area contributed by atoms with E-state index in [0.29, 0.717) is 6.42 Å². The van der Waals surface area contributed by atoms with Gasteiger partial charge in [-0.15, -0.1) is 0 Å². The van der Waals surface area contributed by atoms with E-state index in [1.807, 2.05) is 6.08 Å². The average Bonchev–Trinajstić information content (AvgIpc) is 0.769. The number of unbranched alkanes of at least 4 members (excludes halogenated alkanes) is 56. The third kappa shape index (κ3) is 56.5. The molecule has 2 heterocycles. The van der Waals surface area contributed by atoms with Gasteiger partial charge in [0.05, 0.1) is 32.0 Å². The summed E-state index contributed by atoms with van der Waals surface area (Å²) in [5, 5.41) is 87.9. The Morgan fingerprint density at radius 1 is 0.352 bits per heavy atom. The number of amides is 1. The van der Waals surface area contributed by atoms with Crippen LogP contribution in [0.1, 0.15) is 418 Å². The molecule has 2 aliphatic heterocycles. The lowest BCUT2D eigenvalue weighted by molar-refractivity contribution is -0.359. The normalized spacial score (nSPS) is 21.6. The molecular weight excluding hydrogens is 1310 g/mol. The third-order valence-electron chi connectivity index (χ3n) is 22.0. The Labute approximate surface area is 645 Å². The van der Waals surface area contributed by atoms with Gasteiger partial charge in [0.2, 0.25) is 5.91 Å². The van der Waals surface area contributed by atoms with Crippen LogP contribution in [-0.2, 0) is 23.7 Å². The molecule has 0 aromatic carbocycles. The zero-order valence-corrected chi connectivity index (χ0v) is 68.0. The highest BCUT2D eigenvalue weighted by molar-refractivity contribution is 5.76. The fraction of sp³-hybridized carbons (Fsp3) is 0.879. The van der Waals surface area contributed by atoms with Gasteiger partial charge in [-0.2, -0.15) is 0 Å². The van der Waals surface area contributed by atoms with Crippen LogP contribution in [-0.4, -0.2) is 140 Å². The summed E-state index contributed by atoms with van der Waals surface area (Å²) in [4.78, 5) is 13.4. The topological polar surface area (TPSA) is 228 Å². The number of hydrogen-bond acceptors (Lipinski definition) is 13. The van der Waals surface area contributed by atoms with Crippen LogP contribution in [0.4, 0.5) is 0 Å². The second-order valence-corrected chi connectivity index (χ2v) is 31.7. The maximum atomic E-state index is 13.4. The van der Waals surface area contributed by atoms with Gasteiger partial charge in [-0.1, -0.05) is 415 Å². The molecule has 105 heavy (non-hydrogen) atoms. The van der Waals surface area contributed by atoms with Gasteiger partial charge >= 0.3 is 0 Å². The number of allylic oxidation sites excluding steroid dienone is 9. The molecule has 2 aliphatic rings. The zero-order valence-electron chi connectivity index (χ0n) is 68.0. The molecule has 12 atom stereocenters. The van der Waals surface area contributed by atoms with Crippen LogP contribution in [0.25, 0.3) is 0 Å². The van der Waals surface area contributed by atoms with Crippen molar-refractivity contribution in [3.8, 4) is 0 Å². The van der Waals surface area contributed by atoms with E-state index in [1.165, 1.54) is 327 Å². The summed E-state index contributed by atoms with van der Waals surface area (Å²) in [6.45, 7) is 2.76. The van der Waals surface area contributed by atoms with Crippen LogP contribution in [0.3, 0.4) is 0 Å². The van der Waals surface area contributed by atoms with Crippen molar-refractivity contribution in [3.63, 3.8) is 0 Å². The molecule has 14 nitrogen and oxygen atoms in total. The Morgan fingerprint density at radius 3 is 1.01 bits per heavy atom. The second kappa shape index (κ2) is 74.4. The monoisotopic (exact) mass is 1480 g/mol. The summed E-state index contributed by atoms with van der Waals surface area (Å²) in [7, 11) is 0. The summed E-state index contributed by atoms with van der Waals surface area (Å²) in [5.41, 5.74) is 0. The van der Waals surface area contributed by atoms with Gasteiger partial charge in [-0.3, -0.25) is 4.79 Å². The van der Waals surface area contributed by atoms with Crippen LogP contribution in [0, 0.1) is 0 Å². The van der Waals surface area contributed by atoms with Gasteiger partial charge in [0, 0.05) is 6.42 Å².